The van der Waals surface area contributed by atoms with Crippen LogP contribution in [0.1, 0.15) is 78.4 Å². The van der Waals surface area contributed by atoms with Gasteiger partial charge in [0.25, 0.3) is 0 Å². The van der Waals surface area contributed by atoms with E-state index in [1.165, 1.54) is 17.5 Å². The average Bonchev–Trinajstić information content (AvgIpc) is 2.67. The number of phenols is 1. The lowest BCUT2D eigenvalue weighted by atomic mass is 9.55. The molecule has 0 bridgehead atoms. The second-order valence-electron chi connectivity index (χ2n) is 10.6. The van der Waals surface area contributed by atoms with Crippen LogP contribution in [0.5, 0.6) is 11.5 Å². The number of benzene rings is 2. The lowest BCUT2D eigenvalue weighted by Crippen LogP contribution is -2.41. The highest BCUT2D eigenvalue weighted by molar-refractivity contribution is 5.78. The van der Waals surface area contributed by atoms with Crippen molar-refractivity contribution in [3.8, 4) is 11.5 Å². The van der Waals surface area contributed by atoms with E-state index in [-0.39, 0.29) is 22.5 Å². The molecule has 1 fully saturated rings. The molecule has 30 heavy (non-hydrogen) atoms. The average molecular weight is 409 g/mol. The third kappa shape index (κ3) is 4.55. The van der Waals surface area contributed by atoms with Crippen molar-refractivity contribution in [3.63, 3.8) is 0 Å². The molecular formula is C27H36O3. The fourth-order valence-electron chi connectivity index (χ4n) is 5.19. The molecule has 1 saturated carbocycles. The Hall–Kier alpha value is -2.29. The number of esters is 1. The first kappa shape index (κ1) is 22.4. The number of hydrogen-bond acceptors (Lipinski definition) is 3. The van der Waals surface area contributed by atoms with Crippen molar-refractivity contribution in [2.45, 2.75) is 72.6 Å². The molecule has 1 aliphatic carbocycles. The summed E-state index contributed by atoms with van der Waals surface area (Å²) in [5.41, 5.74) is 2.07. The van der Waals surface area contributed by atoms with Crippen molar-refractivity contribution in [2.75, 3.05) is 0 Å². The van der Waals surface area contributed by atoms with Gasteiger partial charge in [0.2, 0.25) is 0 Å². The summed E-state index contributed by atoms with van der Waals surface area (Å²) in [4.78, 5) is 12.5. The SMILES string of the molecule is CCC(C)(C)C(=O)Oc1ccc(C2(c3ccc(O)cc3)CC(C)CC(C)(C)C2)cc1. The first-order valence-corrected chi connectivity index (χ1v) is 11.1. The molecule has 162 valence electrons. The summed E-state index contributed by atoms with van der Waals surface area (Å²) >= 11 is 0. The number of rotatable bonds is 5. The van der Waals surface area contributed by atoms with Crippen LogP contribution < -0.4 is 4.74 Å². The standard InChI is InChI=1S/C27H36O3/c1-7-26(5,6)24(29)30-23-14-10-21(11-15-23)27(20-8-12-22(28)13-9-20)17-19(2)16-25(3,4)18-27/h8-15,19,28H,7,16-18H2,1-6H3. The molecule has 2 aromatic rings. The first-order valence-electron chi connectivity index (χ1n) is 11.1. The van der Waals surface area contributed by atoms with Gasteiger partial charge in [-0.3, -0.25) is 4.79 Å². The van der Waals surface area contributed by atoms with Crippen LogP contribution in [0.4, 0.5) is 0 Å². The van der Waals surface area contributed by atoms with Crippen molar-refractivity contribution in [1.82, 2.24) is 0 Å². The van der Waals surface area contributed by atoms with E-state index in [9.17, 15) is 9.90 Å². The van der Waals surface area contributed by atoms with E-state index in [0.717, 1.165) is 19.3 Å². The largest absolute Gasteiger partial charge is 0.508 e. The zero-order chi connectivity index (χ0) is 22.2. The van der Waals surface area contributed by atoms with Gasteiger partial charge >= 0.3 is 5.97 Å². The second-order valence-corrected chi connectivity index (χ2v) is 10.6. The molecule has 0 amide bonds. The van der Waals surface area contributed by atoms with E-state index in [2.05, 4.69) is 45.0 Å². The Labute approximate surface area is 181 Å². The fourth-order valence-corrected chi connectivity index (χ4v) is 5.19. The van der Waals surface area contributed by atoms with Crippen LogP contribution in [-0.4, -0.2) is 11.1 Å². The van der Waals surface area contributed by atoms with Crippen molar-refractivity contribution < 1.29 is 14.6 Å². The predicted molar refractivity (Wildman–Crippen MR) is 122 cm³/mol. The molecule has 0 radical (unpaired) electrons. The first-order chi connectivity index (χ1) is 14.0. The summed E-state index contributed by atoms with van der Waals surface area (Å²) in [6.45, 7) is 12.8. The topological polar surface area (TPSA) is 46.5 Å². The van der Waals surface area contributed by atoms with Crippen molar-refractivity contribution in [2.24, 2.45) is 16.7 Å². The molecule has 1 aliphatic rings. The zero-order valence-electron chi connectivity index (χ0n) is 19.3. The Kier molecular flexibility index (Phi) is 6.04. The summed E-state index contributed by atoms with van der Waals surface area (Å²) in [5, 5.41) is 9.82. The molecular weight excluding hydrogens is 372 g/mol. The molecule has 0 heterocycles. The number of carbonyl (C=O) groups excluding carboxylic acids is 1. The Morgan fingerprint density at radius 2 is 1.57 bits per heavy atom. The maximum absolute atomic E-state index is 12.5. The van der Waals surface area contributed by atoms with E-state index < -0.39 is 5.41 Å². The summed E-state index contributed by atoms with van der Waals surface area (Å²) in [6, 6.07) is 15.8. The summed E-state index contributed by atoms with van der Waals surface area (Å²) in [5.74, 6) is 1.27. The smallest absolute Gasteiger partial charge is 0.316 e. The quantitative estimate of drug-likeness (QED) is 0.434. The molecule has 0 saturated heterocycles. The Bertz CT molecular complexity index is 877. The number of carbonyl (C=O) groups is 1. The third-order valence-corrected chi connectivity index (χ3v) is 6.85. The highest BCUT2D eigenvalue weighted by Gasteiger charge is 2.45. The molecule has 2 unspecified atom stereocenters. The zero-order valence-corrected chi connectivity index (χ0v) is 19.3. The van der Waals surface area contributed by atoms with Gasteiger partial charge in [0.1, 0.15) is 11.5 Å². The van der Waals surface area contributed by atoms with Crippen molar-refractivity contribution in [3.05, 3.63) is 59.7 Å². The Morgan fingerprint density at radius 3 is 2.07 bits per heavy atom. The maximum Gasteiger partial charge on any atom is 0.316 e. The number of phenolic OH excluding ortho intramolecular Hbond substituents is 1. The predicted octanol–water partition coefficient (Wildman–Crippen LogP) is 6.87. The second kappa shape index (κ2) is 8.09. The summed E-state index contributed by atoms with van der Waals surface area (Å²) < 4.78 is 5.66. The van der Waals surface area contributed by atoms with Crippen LogP contribution in [-0.2, 0) is 10.2 Å². The lowest BCUT2D eigenvalue weighted by molar-refractivity contribution is -0.144. The molecule has 2 aromatic carbocycles. The fraction of sp³-hybridized carbons (Fsp3) is 0.519. The van der Waals surface area contributed by atoms with Crippen LogP contribution in [0.25, 0.3) is 0 Å². The Balaban J connectivity index is 1.99. The van der Waals surface area contributed by atoms with Crippen LogP contribution in [0.2, 0.25) is 0 Å². The van der Waals surface area contributed by atoms with Gasteiger partial charge < -0.3 is 9.84 Å². The van der Waals surface area contributed by atoms with Crippen molar-refractivity contribution >= 4 is 5.97 Å². The number of ether oxygens (including phenoxy) is 1. The van der Waals surface area contributed by atoms with Crippen LogP contribution in [0.15, 0.2) is 48.5 Å². The molecule has 3 nitrogen and oxygen atoms in total. The van der Waals surface area contributed by atoms with Gasteiger partial charge in [-0.05, 0) is 86.3 Å². The highest BCUT2D eigenvalue weighted by Crippen LogP contribution is 2.53. The maximum atomic E-state index is 12.5. The van der Waals surface area contributed by atoms with Crippen LogP contribution in [0.3, 0.4) is 0 Å². The molecule has 3 heteroatoms. The number of aromatic hydroxyl groups is 1. The molecule has 3 rings (SSSR count). The van der Waals surface area contributed by atoms with Gasteiger partial charge in [-0.15, -0.1) is 0 Å². The highest BCUT2D eigenvalue weighted by atomic mass is 16.5. The lowest BCUT2D eigenvalue weighted by Gasteiger charge is -2.48. The van der Waals surface area contributed by atoms with Gasteiger partial charge in [-0.1, -0.05) is 52.0 Å². The molecule has 0 aliphatic heterocycles. The van der Waals surface area contributed by atoms with Crippen LogP contribution in [0, 0.1) is 16.7 Å². The third-order valence-electron chi connectivity index (χ3n) is 6.85. The van der Waals surface area contributed by atoms with Gasteiger partial charge in [0, 0.05) is 5.41 Å². The van der Waals surface area contributed by atoms with Gasteiger partial charge in [-0.2, -0.15) is 0 Å². The van der Waals surface area contributed by atoms with E-state index >= 15 is 0 Å². The van der Waals surface area contributed by atoms with E-state index in [0.29, 0.717) is 11.7 Å². The van der Waals surface area contributed by atoms with Gasteiger partial charge in [0.05, 0.1) is 5.41 Å². The minimum absolute atomic E-state index is 0.125. The molecule has 0 aromatic heterocycles. The summed E-state index contributed by atoms with van der Waals surface area (Å²) in [6.07, 6.45) is 4.04. The minimum Gasteiger partial charge on any atom is -0.508 e. The van der Waals surface area contributed by atoms with E-state index in [1.807, 2.05) is 32.9 Å². The van der Waals surface area contributed by atoms with E-state index in [1.54, 1.807) is 12.1 Å². The number of hydrogen-bond donors (Lipinski definition) is 1. The Morgan fingerprint density at radius 1 is 1.03 bits per heavy atom. The van der Waals surface area contributed by atoms with E-state index in [4.69, 9.17) is 4.74 Å². The normalized spacial score (nSPS) is 23.7. The molecule has 1 N–H and O–H groups in total. The summed E-state index contributed by atoms with van der Waals surface area (Å²) in [7, 11) is 0. The minimum atomic E-state index is -0.491. The van der Waals surface area contributed by atoms with Crippen molar-refractivity contribution in [1.29, 1.82) is 0 Å². The monoisotopic (exact) mass is 408 g/mol. The molecule has 2 atom stereocenters. The van der Waals surface area contributed by atoms with Gasteiger partial charge in [0.15, 0.2) is 0 Å². The van der Waals surface area contributed by atoms with Crippen LogP contribution >= 0.6 is 0 Å². The molecule has 0 spiro atoms. The van der Waals surface area contributed by atoms with Gasteiger partial charge in [-0.25, -0.2) is 0 Å².